The number of carbonyl (C=O) groups excluding carboxylic acids is 2. The second kappa shape index (κ2) is 4.48. The third kappa shape index (κ3) is 2.46. The van der Waals surface area contributed by atoms with Crippen molar-refractivity contribution in [2.45, 2.75) is 0 Å². The fourth-order valence-electron chi connectivity index (χ4n) is 0.745. The highest BCUT2D eigenvalue weighted by Gasteiger charge is 2.08. The van der Waals surface area contributed by atoms with Gasteiger partial charge in [-0.25, -0.2) is 5.84 Å². The lowest BCUT2D eigenvalue weighted by Crippen LogP contribution is -2.30. The zero-order valence-electron chi connectivity index (χ0n) is 6.53. The summed E-state index contributed by atoms with van der Waals surface area (Å²) < 4.78 is 0. The van der Waals surface area contributed by atoms with Gasteiger partial charge in [0.05, 0.1) is 5.56 Å². The van der Waals surface area contributed by atoms with Crippen molar-refractivity contribution in [3.05, 3.63) is 23.5 Å². The summed E-state index contributed by atoms with van der Waals surface area (Å²) in [5, 5.41) is 0. The summed E-state index contributed by atoms with van der Waals surface area (Å²) in [5.74, 6) is 3.76. The third-order valence-corrected chi connectivity index (χ3v) is 1.34. The first kappa shape index (κ1) is 11.5. The Morgan fingerprint density at radius 3 is 2.46 bits per heavy atom. The van der Waals surface area contributed by atoms with Crippen molar-refractivity contribution < 1.29 is 9.59 Å². The van der Waals surface area contributed by atoms with Crippen molar-refractivity contribution >= 4 is 24.2 Å². The average Bonchev–Trinajstić information content (AvgIpc) is 2.51. The molecule has 0 saturated heterocycles. The van der Waals surface area contributed by atoms with E-state index in [9.17, 15) is 9.59 Å². The highest BCUT2D eigenvalue weighted by atomic mass is 35.5. The Kier molecular flexibility index (Phi) is 3.96. The van der Waals surface area contributed by atoms with Crippen LogP contribution in [0.3, 0.4) is 0 Å². The minimum absolute atomic E-state index is 0. The number of rotatable bonds is 2. The number of hydrogen-bond acceptors (Lipinski definition) is 3. The van der Waals surface area contributed by atoms with Crippen LogP contribution in [-0.2, 0) is 0 Å². The first-order chi connectivity index (χ1) is 5.65. The van der Waals surface area contributed by atoms with Gasteiger partial charge in [-0.15, -0.1) is 12.4 Å². The van der Waals surface area contributed by atoms with Gasteiger partial charge in [-0.3, -0.25) is 15.0 Å². The fourth-order valence-corrected chi connectivity index (χ4v) is 0.745. The van der Waals surface area contributed by atoms with E-state index < -0.39 is 11.8 Å². The van der Waals surface area contributed by atoms with E-state index in [1.165, 1.54) is 12.3 Å². The molecule has 6 N–H and O–H groups in total. The highest BCUT2D eigenvalue weighted by Crippen LogP contribution is 2.01. The molecule has 72 valence electrons. The smallest absolute Gasteiger partial charge is 0.281 e. The fraction of sp³-hybridized carbons (Fsp3) is 0. The number of primary amides is 1. The monoisotopic (exact) mass is 204 g/mol. The van der Waals surface area contributed by atoms with Gasteiger partial charge >= 0.3 is 0 Å². The Bertz CT molecular complexity index is 322. The number of aromatic nitrogens is 1. The van der Waals surface area contributed by atoms with E-state index in [4.69, 9.17) is 11.6 Å². The van der Waals surface area contributed by atoms with Crippen LogP contribution in [0.4, 0.5) is 0 Å². The number of H-pyrrole nitrogens is 1. The van der Waals surface area contributed by atoms with Crippen LogP contribution in [0.2, 0.25) is 0 Å². The van der Waals surface area contributed by atoms with Crippen molar-refractivity contribution in [3.8, 4) is 0 Å². The van der Waals surface area contributed by atoms with E-state index in [2.05, 4.69) is 4.98 Å². The van der Waals surface area contributed by atoms with E-state index in [0.717, 1.165) is 0 Å². The minimum atomic E-state index is -0.595. The van der Waals surface area contributed by atoms with Crippen LogP contribution in [0.25, 0.3) is 0 Å². The summed E-state index contributed by atoms with van der Waals surface area (Å²) >= 11 is 0. The maximum absolute atomic E-state index is 10.8. The maximum atomic E-state index is 10.8. The van der Waals surface area contributed by atoms with Gasteiger partial charge < -0.3 is 10.7 Å². The summed E-state index contributed by atoms with van der Waals surface area (Å²) in [4.78, 5) is 23.9. The van der Waals surface area contributed by atoms with Crippen LogP contribution in [0.5, 0.6) is 0 Å². The molecule has 0 saturated carbocycles. The molecule has 0 aliphatic rings. The minimum Gasteiger partial charge on any atom is -0.366 e. The molecule has 13 heavy (non-hydrogen) atoms. The summed E-state index contributed by atoms with van der Waals surface area (Å²) in [5.41, 5.74) is 7.30. The third-order valence-electron chi connectivity index (χ3n) is 1.34. The lowest BCUT2D eigenvalue weighted by atomic mass is 10.3. The number of nitrogens with two attached hydrogens (primary N) is 2. The van der Waals surface area contributed by atoms with Gasteiger partial charge in [0.15, 0.2) is 0 Å². The number of hydrogen-bond donors (Lipinski definition) is 4. The zero-order chi connectivity index (χ0) is 9.14. The highest BCUT2D eigenvalue weighted by molar-refractivity contribution is 5.98. The first-order valence-electron chi connectivity index (χ1n) is 3.14. The molecule has 7 heteroatoms. The van der Waals surface area contributed by atoms with Gasteiger partial charge in [0.1, 0.15) is 5.69 Å². The molecule has 2 amide bonds. The van der Waals surface area contributed by atoms with Crippen LogP contribution in [-0.4, -0.2) is 16.8 Å². The molecule has 0 aliphatic heterocycles. The Balaban J connectivity index is 0.00000144. The van der Waals surface area contributed by atoms with E-state index in [1.54, 1.807) is 0 Å². The van der Waals surface area contributed by atoms with Crippen LogP contribution in [0.1, 0.15) is 20.8 Å². The standard InChI is InChI=1S/C6H8N4O2.ClH/c7-5(11)3-1-4(9-2-3)6(12)10-8;/h1-2,9H,8H2,(H2,7,11)(H,10,12);1H. The van der Waals surface area contributed by atoms with Crippen molar-refractivity contribution in [2.75, 3.05) is 0 Å². The van der Waals surface area contributed by atoms with Gasteiger partial charge in [0.25, 0.3) is 5.91 Å². The van der Waals surface area contributed by atoms with Crippen LogP contribution in [0.15, 0.2) is 12.3 Å². The van der Waals surface area contributed by atoms with Crippen molar-refractivity contribution in [1.82, 2.24) is 10.4 Å². The molecule has 0 fully saturated rings. The van der Waals surface area contributed by atoms with Crippen LogP contribution >= 0.6 is 12.4 Å². The molecule has 1 aromatic rings. The Labute approximate surface area is 80.0 Å². The van der Waals surface area contributed by atoms with E-state index in [0.29, 0.717) is 0 Å². The molecular weight excluding hydrogens is 196 g/mol. The SMILES string of the molecule is Cl.NNC(=O)c1cc(C(N)=O)c[nH]1. The van der Waals surface area contributed by atoms with Gasteiger partial charge in [-0.05, 0) is 6.07 Å². The molecule has 1 aromatic heterocycles. The largest absolute Gasteiger partial charge is 0.366 e. The molecule has 0 spiro atoms. The number of nitrogens with one attached hydrogen (secondary N) is 2. The number of halogens is 1. The molecule has 6 nitrogen and oxygen atoms in total. The van der Waals surface area contributed by atoms with Gasteiger partial charge in [-0.1, -0.05) is 0 Å². The summed E-state index contributed by atoms with van der Waals surface area (Å²) in [6.45, 7) is 0. The van der Waals surface area contributed by atoms with Gasteiger partial charge in [0, 0.05) is 6.20 Å². The number of hydrazine groups is 1. The molecule has 0 aliphatic carbocycles. The van der Waals surface area contributed by atoms with Crippen LogP contribution < -0.4 is 17.0 Å². The molecule has 0 atom stereocenters. The quantitative estimate of drug-likeness (QED) is 0.285. The van der Waals surface area contributed by atoms with Gasteiger partial charge in [0.2, 0.25) is 5.91 Å². The Hall–Kier alpha value is -1.53. The van der Waals surface area contributed by atoms with Crippen molar-refractivity contribution in [1.29, 1.82) is 0 Å². The number of nitrogen functional groups attached to an aromatic ring is 1. The molecular formula is C6H9ClN4O2. The lowest BCUT2D eigenvalue weighted by molar-refractivity contribution is 0.0949. The van der Waals surface area contributed by atoms with E-state index in [-0.39, 0.29) is 23.7 Å². The predicted molar refractivity (Wildman–Crippen MR) is 48.2 cm³/mol. The summed E-state index contributed by atoms with van der Waals surface area (Å²) in [6, 6.07) is 1.32. The predicted octanol–water partition coefficient (Wildman–Crippen LogP) is -0.861. The molecule has 0 aromatic carbocycles. The zero-order valence-corrected chi connectivity index (χ0v) is 7.35. The summed E-state index contributed by atoms with van der Waals surface area (Å²) in [6.07, 6.45) is 1.34. The molecule has 1 rings (SSSR count). The molecule has 0 unspecified atom stereocenters. The van der Waals surface area contributed by atoms with E-state index >= 15 is 0 Å². The Morgan fingerprint density at radius 2 is 2.08 bits per heavy atom. The topological polar surface area (TPSA) is 114 Å². The molecule has 0 radical (unpaired) electrons. The first-order valence-corrected chi connectivity index (χ1v) is 3.14. The van der Waals surface area contributed by atoms with Crippen molar-refractivity contribution in [3.63, 3.8) is 0 Å². The van der Waals surface area contributed by atoms with Crippen LogP contribution in [0, 0.1) is 0 Å². The van der Waals surface area contributed by atoms with Crippen molar-refractivity contribution in [2.24, 2.45) is 11.6 Å². The van der Waals surface area contributed by atoms with E-state index in [1.807, 2.05) is 5.43 Å². The lowest BCUT2D eigenvalue weighted by Gasteiger charge is -1.92. The van der Waals surface area contributed by atoms with Gasteiger partial charge in [-0.2, -0.15) is 0 Å². The Morgan fingerprint density at radius 1 is 1.46 bits per heavy atom. The second-order valence-corrected chi connectivity index (χ2v) is 2.14. The molecule has 0 bridgehead atoms. The number of aromatic amines is 1. The normalized spacial score (nSPS) is 8.69. The maximum Gasteiger partial charge on any atom is 0.281 e. The number of carbonyl (C=O) groups is 2. The summed E-state index contributed by atoms with van der Waals surface area (Å²) in [7, 11) is 0. The number of amides is 2. The molecule has 1 heterocycles. The average molecular weight is 205 g/mol. The second-order valence-electron chi connectivity index (χ2n) is 2.14.